The van der Waals surface area contributed by atoms with Gasteiger partial charge in [-0.15, -0.1) is 5.06 Å². The van der Waals surface area contributed by atoms with Gasteiger partial charge in [0, 0.05) is 18.4 Å². The lowest BCUT2D eigenvalue weighted by molar-refractivity contribution is -0.266. The van der Waals surface area contributed by atoms with Crippen LogP contribution in [0.4, 0.5) is 4.79 Å². The lowest BCUT2D eigenvalue weighted by Crippen LogP contribution is -2.62. The highest BCUT2D eigenvalue weighted by Crippen LogP contribution is 2.40. The Hall–Kier alpha value is -1.56. The van der Waals surface area contributed by atoms with Crippen molar-refractivity contribution in [3.8, 4) is 0 Å². The minimum atomic E-state index is -0.703. The first kappa shape index (κ1) is 19.5. The molecule has 1 aliphatic heterocycles. The SMILES string of the molecule is C=C(C)C(=O)OC1CC(C)(C)N(OC(=O)OCCC)C(C)(C)C1. The summed E-state index contributed by atoms with van der Waals surface area (Å²) in [5, 5.41) is 1.66. The Bertz CT molecular complexity index is 452. The molecule has 6 nitrogen and oxygen atoms in total. The number of ether oxygens (including phenoxy) is 2. The van der Waals surface area contributed by atoms with E-state index in [0.29, 0.717) is 25.0 Å². The monoisotopic (exact) mass is 327 g/mol. The van der Waals surface area contributed by atoms with Gasteiger partial charge in [-0.05, 0) is 41.0 Å². The molecule has 0 aromatic heterocycles. The first-order valence-corrected chi connectivity index (χ1v) is 8.01. The van der Waals surface area contributed by atoms with Crippen molar-refractivity contribution in [1.29, 1.82) is 0 Å². The zero-order valence-electron chi connectivity index (χ0n) is 15.1. The van der Waals surface area contributed by atoms with E-state index in [0.717, 1.165) is 6.42 Å². The van der Waals surface area contributed by atoms with Crippen molar-refractivity contribution in [2.45, 2.75) is 78.0 Å². The minimum absolute atomic E-state index is 0.254. The fourth-order valence-electron chi connectivity index (χ4n) is 3.04. The fourth-order valence-corrected chi connectivity index (χ4v) is 3.04. The molecule has 1 saturated heterocycles. The lowest BCUT2D eigenvalue weighted by Gasteiger charge is -2.51. The van der Waals surface area contributed by atoms with Crippen LogP contribution in [0.2, 0.25) is 0 Å². The van der Waals surface area contributed by atoms with Crippen LogP contribution in [0.3, 0.4) is 0 Å². The number of carbonyl (C=O) groups is 2. The average molecular weight is 327 g/mol. The summed E-state index contributed by atoms with van der Waals surface area (Å²) in [5.41, 5.74) is -0.609. The molecule has 1 fully saturated rings. The second-order valence-electron chi connectivity index (χ2n) is 7.32. The molecule has 1 rings (SSSR count). The Balaban J connectivity index is 2.82. The van der Waals surface area contributed by atoms with Crippen LogP contribution in [0.25, 0.3) is 0 Å². The molecule has 23 heavy (non-hydrogen) atoms. The van der Waals surface area contributed by atoms with Crippen molar-refractivity contribution >= 4 is 12.1 Å². The fraction of sp³-hybridized carbons (Fsp3) is 0.765. The summed E-state index contributed by atoms with van der Waals surface area (Å²) in [6, 6.07) is 0. The standard InChI is InChI=1S/C17H29NO5/c1-8-9-21-15(20)23-18-16(4,5)10-13(11-17(18,6)7)22-14(19)12(2)3/h13H,2,8-11H2,1,3-7H3. The molecule has 0 spiro atoms. The third-order valence-electron chi connectivity index (χ3n) is 3.77. The zero-order valence-corrected chi connectivity index (χ0v) is 15.1. The van der Waals surface area contributed by atoms with Crippen LogP contribution in [0.15, 0.2) is 12.2 Å². The normalized spacial score (nSPS) is 20.6. The number of hydroxylamine groups is 2. The molecule has 6 heteroatoms. The van der Waals surface area contributed by atoms with Crippen molar-refractivity contribution < 1.29 is 23.9 Å². The first-order valence-electron chi connectivity index (χ1n) is 8.01. The molecule has 0 atom stereocenters. The molecule has 1 aliphatic rings. The smallest absolute Gasteiger partial charge is 0.459 e. The molecule has 0 unspecified atom stereocenters. The van der Waals surface area contributed by atoms with Gasteiger partial charge in [-0.1, -0.05) is 13.5 Å². The second-order valence-corrected chi connectivity index (χ2v) is 7.32. The molecular formula is C17H29NO5. The van der Waals surface area contributed by atoms with E-state index >= 15 is 0 Å². The molecule has 0 saturated carbocycles. The summed E-state index contributed by atoms with van der Waals surface area (Å²) in [7, 11) is 0. The Kier molecular flexibility index (Phi) is 6.22. The van der Waals surface area contributed by atoms with E-state index in [9.17, 15) is 9.59 Å². The highest BCUT2D eigenvalue weighted by molar-refractivity contribution is 5.87. The second kappa shape index (κ2) is 7.34. The topological polar surface area (TPSA) is 65.1 Å². The van der Waals surface area contributed by atoms with Crippen molar-refractivity contribution in [3.05, 3.63) is 12.2 Å². The number of rotatable bonds is 5. The van der Waals surface area contributed by atoms with Crippen LogP contribution >= 0.6 is 0 Å². The Morgan fingerprint density at radius 3 is 2.13 bits per heavy atom. The van der Waals surface area contributed by atoms with Crippen molar-refractivity contribution in [2.75, 3.05) is 6.61 Å². The predicted octanol–water partition coefficient (Wildman–Crippen LogP) is 3.61. The summed E-state index contributed by atoms with van der Waals surface area (Å²) < 4.78 is 10.5. The maximum atomic E-state index is 11.8. The molecule has 0 aromatic carbocycles. The number of carbonyl (C=O) groups excluding carboxylic acids is 2. The van der Waals surface area contributed by atoms with Gasteiger partial charge < -0.3 is 14.3 Å². The molecule has 0 aromatic rings. The Morgan fingerprint density at radius 1 is 1.17 bits per heavy atom. The van der Waals surface area contributed by atoms with Gasteiger partial charge in [-0.3, -0.25) is 0 Å². The number of hydrogen-bond donors (Lipinski definition) is 0. The van der Waals surface area contributed by atoms with E-state index in [1.54, 1.807) is 12.0 Å². The highest BCUT2D eigenvalue weighted by atomic mass is 16.8. The Labute approximate surface area is 138 Å². The van der Waals surface area contributed by atoms with Gasteiger partial charge in [0.2, 0.25) is 0 Å². The van der Waals surface area contributed by atoms with Crippen LogP contribution in [-0.4, -0.2) is 41.0 Å². The number of esters is 1. The first-order chi connectivity index (χ1) is 10.5. The molecule has 0 bridgehead atoms. The average Bonchev–Trinajstić information content (AvgIpc) is 2.39. The van der Waals surface area contributed by atoms with Gasteiger partial charge in [0.15, 0.2) is 0 Å². The van der Waals surface area contributed by atoms with Crippen molar-refractivity contribution in [1.82, 2.24) is 5.06 Å². The van der Waals surface area contributed by atoms with Gasteiger partial charge in [0.1, 0.15) is 6.10 Å². The number of hydrogen-bond acceptors (Lipinski definition) is 6. The van der Waals surface area contributed by atoms with E-state index < -0.39 is 23.2 Å². The molecule has 0 aliphatic carbocycles. The van der Waals surface area contributed by atoms with Gasteiger partial charge in [-0.2, -0.15) is 0 Å². The summed E-state index contributed by atoms with van der Waals surface area (Å²) in [5.74, 6) is -0.390. The summed E-state index contributed by atoms with van der Waals surface area (Å²) >= 11 is 0. The highest BCUT2D eigenvalue weighted by Gasteiger charge is 2.49. The predicted molar refractivity (Wildman–Crippen MR) is 86.6 cm³/mol. The number of piperidine rings is 1. The summed E-state index contributed by atoms with van der Waals surface area (Å²) in [6.45, 7) is 15.3. The van der Waals surface area contributed by atoms with E-state index in [-0.39, 0.29) is 6.10 Å². The molecule has 0 amide bonds. The van der Waals surface area contributed by atoms with Crippen LogP contribution in [0.5, 0.6) is 0 Å². The minimum Gasteiger partial charge on any atom is -0.459 e. The third kappa shape index (κ3) is 5.23. The summed E-state index contributed by atoms with van der Waals surface area (Å²) in [4.78, 5) is 29.0. The van der Waals surface area contributed by atoms with Gasteiger partial charge in [0.05, 0.1) is 17.7 Å². The quantitative estimate of drug-likeness (QED) is 0.568. The van der Waals surface area contributed by atoms with E-state index in [2.05, 4.69) is 6.58 Å². The summed E-state index contributed by atoms with van der Waals surface area (Å²) in [6.07, 6.45) is 0.884. The van der Waals surface area contributed by atoms with Gasteiger partial charge in [0.25, 0.3) is 0 Å². The van der Waals surface area contributed by atoms with Crippen LogP contribution in [0.1, 0.15) is 60.8 Å². The Morgan fingerprint density at radius 2 is 1.70 bits per heavy atom. The maximum Gasteiger partial charge on any atom is 0.527 e. The number of nitrogens with zero attached hydrogens (tertiary/aromatic N) is 1. The third-order valence-corrected chi connectivity index (χ3v) is 3.77. The largest absolute Gasteiger partial charge is 0.527 e. The zero-order chi connectivity index (χ0) is 17.8. The van der Waals surface area contributed by atoms with Crippen molar-refractivity contribution in [2.24, 2.45) is 0 Å². The van der Waals surface area contributed by atoms with E-state index in [4.69, 9.17) is 14.3 Å². The molecule has 132 valence electrons. The van der Waals surface area contributed by atoms with Gasteiger partial charge >= 0.3 is 12.1 Å². The maximum absolute atomic E-state index is 11.8. The van der Waals surface area contributed by atoms with Crippen LogP contribution < -0.4 is 0 Å². The molecular weight excluding hydrogens is 298 g/mol. The van der Waals surface area contributed by atoms with Gasteiger partial charge in [-0.25, -0.2) is 9.59 Å². The van der Waals surface area contributed by atoms with Crippen molar-refractivity contribution in [3.63, 3.8) is 0 Å². The van der Waals surface area contributed by atoms with Crippen LogP contribution in [-0.2, 0) is 19.1 Å². The molecule has 0 radical (unpaired) electrons. The van der Waals surface area contributed by atoms with Crippen LogP contribution in [0, 0.1) is 0 Å². The van der Waals surface area contributed by atoms with E-state index in [1.165, 1.54) is 0 Å². The molecule has 0 N–H and O–H groups in total. The lowest BCUT2D eigenvalue weighted by atomic mass is 9.80. The molecule has 1 heterocycles. The van der Waals surface area contributed by atoms with E-state index in [1.807, 2.05) is 34.6 Å².